The van der Waals surface area contributed by atoms with Crippen LogP contribution in [0.25, 0.3) is 5.69 Å². The summed E-state index contributed by atoms with van der Waals surface area (Å²) in [6.07, 6.45) is 1.61. The van der Waals surface area contributed by atoms with Crippen LogP contribution in [0.1, 0.15) is 17.7 Å². The van der Waals surface area contributed by atoms with Gasteiger partial charge in [0.15, 0.2) is 5.16 Å². The fourth-order valence-electron chi connectivity index (χ4n) is 3.16. The Morgan fingerprint density at radius 2 is 1.88 bits per heavy atom. The Kier molecular flexibility index (Phi) is 7.09. The molecule has 0 saturated heterocycles. The predicted molar refractivity (Wildman–Crippen MR) is 128 cm³/mol. The standard InChI is InChI=1S/C24H21ClN4O2S/c1-2-31-21-14-7-6-13-20(21)27-23(30)22(17-9-4-3-5-10-17)32-24-28-26-16-29(24)19-12-8-11-18(25)15-19/h3-16,22H,2H2,1H3,(H,27,30). The molecule has 3 aromatic carbocycles. The third-order valence-electron chi connectivity index (χ3n) is 4.61. The van der Waals surface area contributed by atoms with Crippen molar-refractivity contribution < 1.29 is 9.53 Å². The Labute approximate surface area is 195 Å². The number of ether oxygens (including phenoxy) is 1. The van der Waals surface area contributed by atoms with E-state index in [1.807, 2.05) is 84.3 Å². The Balaban J connectivity index is 1.65. The molecular weight excluding hydrogens is 444 g/mol. The second kappa shape index (κ2) is 10.3. The number of carbonyl (C=O) groups is 1. The van der Waals surface area contributed by atoms with Gasteiger partial charge in [-0.05, 0) is 42.8 Å². The van der Waals surface area contributed by atoms with Crippen molar-refractivity contribution >= 4 is 35.0 Å². The van der Waals surface area contributed by atoms with Crippen molar-refractivity contribution in [2.24, 2.45) is 0 Å². The van der Waals surface area contributed by atoms with Gasteiger partial charge in [0, 0.05) is 5.02 Å². The molecule has 0 bridgehead atoms. The normalized spacial score (nSPS) is 11.7. The number of anilines is 1. The quantitative estimate of drug-likeness (QED) is 0.334. The summed E-state index contributed by atoms with van der Waals surface area (Å²) in [7, 11) is 0. The number of amides is 1. The maximum atomic E-state index is 13.4. The largest absolute Gasteiger partial charge is 0.492 e. The van der Waals surface area contributed by atoms with Crippen molar-refractivity contribution in [3.63, 3.8) is 0 Å². The minimum atomic E-state index is -0.562. The van der Waals surface area contributed by atoms with E-state index in [0.717, 1.165) is 11.3 Å². The monoisotopic (exact) mass is 464 g/mol. The lowest BCUT2D eigenvalue weighted by Gasteiger charge is -2.18. The van der Waals surface area contributed by atoms with Gasteiger partial charge >= 0.3 is 0 Å². The summed E-state index contributed by atoms with van der Waals surface area (Å²) in [6, 6.07) is 24.4. The molecule has 162 valence electrons. The molecule has 0 radical (unpaired) electrons. The smallest absolute Gasteiger partial charge is 0.242 e. The van der Waals surface area contributed by atoms with Crippen molar-refractivity contribution in [3.05, 3.63) is 95.8 Å². The van der Waals surface area contributed by atoms with Gasteiger partial charge in [-0.2, -0.15) is 0 Å². The average molecular weight is 465 g/mol. The van der Waals surface area contributed by atoms with Crippen molar-refractivity contribution in [3.8, 4) is 11.4 Å². The number of carbonyl (C=O) groups excluding carboxylic acids is 1. The molecule has 1 heterocycles. The van der Waals surface area contributed by atoms with Crippen LogP contribution >= 0.6 is 23.4 Å². The van der Waals surface area contributed by atoms with Gasteiger partial charge in [-0.25, -0.2) is 0 Å². The van der Waals surface area contributed by atoms with Crippen LogP contribution in [0.4, 0.5) is 5.69 Å². The second-order valence-corrected chi connectivity index (χ2v) is 8.30. The van der Waals surface area contributed by atoms with Gasteiger partial charge in [0.25, 0.3) is 0 Å². The molecule has 4 aromatic rings. The highest BCUT2D eigenvalue weighted by atomic mass is 35.5. The fraction of sp³-hybridized carbons (Fsp3) is 0.125. The van der Waals surface area contributed by atoms with E-state index < -0.39 is 5.25 Å². The topological polar surface area (TPSA) is 69.0 Å². The minimum absolute atomic E-state index is 0.186. The number of hydrogen-bond acceptors (Lipinski definition) is 5. The summed E-state index contributed by atoms with van der Waals surface area (Å²) in [5, 5.41) is 11.9. The molecule has 1 unspecified atom stereocenters. The number of benzene rings is 3. The zero-order valence-corrected chi connectivity index (χ0v) is 18.9. The SMILES string of the molecule is CCOc1ccccc1NC(=O)C(Sc1nncn1-c1cccc(Cl)c1)c1ccccc1. The third kappa shape index (κ3) is 5.12. The molecule has 0 aliphatic carbocycles. The van der Waals surface area contributed by atoms with Crippen LogP contribution in [0.3, 0.4) is 0 Å². The number of hydrogen-bond donors (Lipinski definition) is 1. The summed E-state index contributed by atoms with van der Waals surface area (Å²) in [5.41, 5.74) is 2.29. The van der Waals surface area contributed by atoms with Gasteiger partial charge in [0.1, 0.15) is 17.3 Å². The highest BCUT2D eigenvalue weighted by Crippen LogP contribution is 2.37. The number of aromatic nitrogens is 3. The van der Waals surface area contributed by atoms with E-state index in [-0.39, 0.29) is 5.91 Å². The predicted octanol–water partition coefficient (Wildman–Crippen LogP) is 5.79. The van der Waals surface area contributed by atoms with Gasteiger partial charge in [0.2, 0.25) is 5.91 Å². The Morgan fingerprint density at radius 1 is 1.09 bits per heavy atom. The number of thioether (sulfide) groups is 1. The molecule has 1 atom stereocenters. The first-order chi connectivity index (χ1) is 15.7. The molecule has 1 aromatic heterocycles. The number of nitrogens with one attached hydrogen (secondary N) is 1. The Morgan fingerprint density at radius 3 is 2.66 bits per heavy atom. The summed E-state index contributed by atoms with van der Waals surface area (Å²) in [4.78, 5) is 13.4. The zero-order valence-electron chi connectivity index (χ0n) is 17.3. The van der Waals surface area contributed by atoms with Crippen molar-refractivity contribution in [1.29, 1.82) is 0 Å². The number of halogens is 1. The van der Waals surface area contributed by atoms with E-state index in [1.165, 1.54) is 11.8 Å². The number of rotatable bonds is 8. The first-order valence-electron chi connectivity index (χ1n) is 10.1. The van der Waals surface area contributed by atoms with Crippen LogP contribution in [-0.2, 0) is 4.79 Å². The van der Waals surface area contributed by atoms with Crippen LogP contribution in [0, 0.1) is 0 Å². The molecule has 4 rings (SSSR count). The van der Waals surface area contributed by atoms with Crippen molar-refractivity contribution in [1.82, 2.24) is 14.8 Å². The minimum Gasteiger partial charge on any atom is -0.492 e. The molecule has 0 saturated carbocycles. The molecule has 0 aliphatic heterocycles. The van der Waals surface area contributed by atoms with Crippen molar-refractivity contribution in [2.45, 2.75) is 17.3 Å². The summed E-state index contributed by atoms with van der Waals surface area (Å²) >= 11 is 7.48. The summed E-state index contributed by atoms with van der Waals surface area (Å²) < 4.78 is 7.47. The van der Waals surface area contributed by atoms with E-state index >= 15 is 0 Å². The zero-order chi connectivity index (χ0) is 22.3. The molecule has 0 aliphatic rings. The van der Waals surface area contributed by atoms with Crippen molar-refractivity contribution in [2.75, 3.05) is 11.9 Å². The Hall–Kier alpha value is -3.29. The maximum absolute atomic E-state index is 13.4. The second-order valence-electron chi connectivity index (χ2n) is 6.79. The fourth-order valence-corrected chi connectivity index (χ4v) is 4.38. The lowest BCUT2D eigenvalue weighted by molar-refractivity contribution is -0.115. The molecule has 1 N–H and O–H groups in total. The Bertz CT molecular complexity index is 1200. The van der Waals surface area contributed by atoms with Crippen LogP contribution < -0.4 is 10.1 Å². The highest BCUT2D eigenvalue weighted by molar-refractivity contribution is 8.00. The lowest BCUT2D eigenvalue weighted by Crippen LogP contribution is -2.20. The van der Waals surface area contributed by atoms with E-state index in [1.54, 1.807) is 12.4 Å². The van der Waals surface area contributed by atoms with Gasteiger partial charge in [-0.15, -0.1) is 10.2 Å². The summed E-state index contributed by atoms with van der Waals surface area (Å²) in [6.45, 7) is 2.41. The van der Waals surface area contributed by atoms with Gasteiger partial charge in [-0.3, -0.25) is 9.36 Å². The van der Waals surface area contributed by atoms with E-state index in [4.69, 9.17) is 16.3 Å². The van der Waals surface area contributed by atoms with Crippen LogP contribution in [0.5, 0.6) is 5.75 Å². The summed E-state index contributed by atoms with van der Waals surface area (Å²) in [5.74, 6) is 0.441. The van der Waals surface area contributed by atoms with Crippen LogP contribution in [0.15, 0.2) is 90.3 Å². The maximum Gasteiger partial charge on any atom is 0.242 e. The van der Waals surface area contributed by atoms with Crippen LogP contribution in [-0.4, -0.2) is 27.3 Å². The molecule has 1 amide bonds. The molecule has 0 fully saturated rings. The highest BCUT2D eigenvalue weighted by Gasteiger charge is 2.25. The molecule has 0 spiro atoms. The van der Waals surface area contributed by atoms with Gasteiger partial charge in [-0.1, -0.05) is 71.9 Å². The third-order valence-corrected chi connectivity index (χ3v) is 6.06. The molecule has 32 heavy (non-hydrogen) atoms. The molecular formula is C24H21ClN4O2S. The van der Waals surface area contributed by atoms with E-state index in [2.05, 4.69) is 15.5 Å². The first kappa shape index (κ1) is 21.9. The van der Waals surface area contributed by atoms with Crippen LogP contribution in [0.2, 0.25) is 5.02 Å². The number of nitrogens with zero attached hydrogens (tertiary/aromatic N) is 3. The number of para-hydroxylation sites is 2. The van der Waals surface area contributed by atoms with E-state index in [9.17, 15) is 4.79 Å². The molecule has 8 heteroatoms. The van der Waals surface area contributed by atoms with Gasteiger partial charge in [0.05, 0.1) is 18.0 Å². The lowest BCUT2D eigenvalue weighted by atomic mass is 10.1. The first-order valence-corrected chi connectivity index (χ1v) is 11.3. The van der Waals surface area contributed by atoms with E-state index in [0.29, 0.717) is 28.2 Å². The van der Waals surface area contributed by atoms with Gasteiger partial charge < -0.3 is 10.1 Å². The average Bonchev–Trinajstić information content (AvgIpc) is 3.28. The molecule has 6 nitrogen and oxygen atoms in total.